The van der Waals surface area contributed by atoms with Crippen molar-refractivity contribution in [3.63, 3.8) is 0 Å². The molecule has 0 spiro atoms. The Morgan fingerprint density at radius 3 is 2.50 bits per heavy atom. The van der Waals surface area contributed by atoms with Crippen LogP contribution >= 0.6 is 0 Å². The lowest BCUT2D eigenvalue weighted by Gasteiger charge is -2.07. The lowest BCUT2D eigenvalue weighted by atomic mass is 10.0. The second-order valence-corrected chi connectivity index (χ2v) is 5.56. The number of fused-ring (bicyclic) bond motifs is 3. The van der Waals surface area contributed by atoms with Gasteiger partial charge in [0.1, 0.15) is 11.6 Å². The summed E-state index contributed by atoms with van der Waals surface area (Å²) in [6.07, 6.45) is 5.34. The molecular formula is C21H15FN2. The Morgan fingerprint density at radius 1 is 0.958 bits per heavy atom. The maximum absolute atomic E-state index is 13.9. The van der Waals surface area contributed by atoms with E-state index in [-0.39, 0.29) is 5.82 Å². The second-order valence-electron chi connectivity index (χ2n) is 5.56. The molecule has 2 nitrogen and oxygen atoms in total. The number of nitrogens with zero attached hydrogens (tertiary/aromatic N) is 2. The van der Waals surface area contributed by atoms with Crippen LogP contribution in [0.1, 0.15) is 11.1 Å². The molecule has 0 atom stereocenters. The zero-order valence-electron chi connectivity index (χ0n) is 13.0. The van der Waals surface area contributed by atoms with Crippen LogP contribution in [0.15, 0.2) is 67.9 Å². The summed E-state index contributed by atoms with van der Waals surface area (Å²) in [5.41, 5.74) is 3.80. The molecule has 24 heavy (non-hydrogen) atoms. The molecular weight excluding hydrogens is 299 g/mol. The van der Waals surface area contributed by atoms with Gasteiger partial charge in [-0.05, 0) is 47.5 Å². The van der Waals surface area contributed by atoms with Crippen molar-refractivity contribution >= 4 is 34.0 Å². The van der Waals surface area contributed by atoms with E-state index in [1.165, 1.54) is 6.07 Å². The normalized spacial score (nSPS) is 11.0. The van der Waals surface area contributed by atoms with E-state index < -0.39 is 0 Å². The van der Waals surface area contributed by atoms with Crippen molar-refractivity contribution in [1.29, 1.82) is 0 Å². The first-order chi connectivity index (χ1) is 11.7. The highest BCUT2D eigenvalue weighted by Gasteiger charge is 2.16. The molecule has 0 N–H and O–H groups in total. The maximum atomic E-state index is 13.9. The Bertz CT molecular complexity index is 1090. The summed E-state index contributed by atoms with van der Waals surface area (Å²) < 4.78 is 16.0. The van der Waals surface area contributed by atoms with Crippen molar-refractivity contribution in [3.8, 4) is 5.82 Å². The van der Waals surface area contributed by atoms with E-state index in [1.54, 1.807) is 30.5 Å². The molecule has 0 amide bonds. The van der Waals surface area contributed by atoms with Gasteiger partial charge in [0.05, 0.1) is 11.0 Å². The summed E-state index contributed by atoms with van der Waals surface area (Å²) in [6.45, 7) is 7.80. The van der Waals surface area contributed by atoms with Crippen LogP contribution in [-0.2, 0) is 0 Å². The molecule has 0 aliphatic carbocycles. The third-order valence-electron chi connectivity index (χ3n) is 4.27. The third-order valence-corrected chi connectivity index (χ3v) is 4.27. The number of hydrogen-bond acceptors (Lipinski definition) is 1. The SMILES string of the molecule is C=Cc1ccc2c(c1C=C)c1cc(F)ccc1n2-c1ccccn1. The minimum atomic E-state index is -0.262. The lowest BCUT2D eigenvalue weighted by Crippen LogP contribution is -1.96. The zero-order chi connectivity index (χ0) is 16.7. The van der Waals surface area contributed by atoms with E-state index in [9.17, 15) is 4.39 Å². The van der Waals surface area contributed by atoms with Gasteiger partial charge in [-0.1, -0.05) is 37.4 Å². The first-order valence-corrected chi connectivity index (χ1v) is 7.67. The first kappa shape index (κ1) is 14.4. The molecule has 0 aliphatic rings. The van der Waals surface area contributed by atoms with Gasteiger partial charge in [-0.2, -0.15) is 0 Å². The summed E-state index contributed by atoms with van der Waals surface area (Å²) >= 11 is 0. The van der Waals surface area contributed by atoms with Crippen LogP contribution in [-0.4, -0.2) is 9.55 Å². The Labute approximate surface area is 139 Å². The second kappa shape index (κ2) is 5.46. The van der Waals surface area contributed by atoms with E-state index >= 15 is 0 Å². The van der Waals surface area contributed by atoms with E-state index in [1.807, 2.05) is 34.9 Å². The van der Waals surface area contributed by atoms with Crippen LogP contribution in [0.3, 0.4) is 0 Å². The standard InChI is InChI=1S/C21H15FN2/c1-3-14-8-10-19-21(16(14)4-2)17-13-15(22)9-11-18(17)24(19)20-7-5-6-12-23-20/h3-13H,1-2H2. The summed E-state index contributed by atoms with van der Waals surface area (Å²) in [4.78, 5) is 4.47. The number of aromatic nitrogens is 2. The molecule has 2 aromatic heterocycles. The highest BCUT2D eigenvalue weighted by atomic mass is 19.1. The highest BCUT2D eigenvalue weighted by Crippen LogP contribution is 2.36. The molecule has 0 fully saturated rings. The van der Waals surface area contributed by atoms with Gasteiger partial charge >= 0.3 is 0 Å². The van der Waals surface area contributed by atoms with Gasteiger partial charge < -0.3 is 0 Å². The maximum Gasteiger partial charge on any atom is 0.137 e. The Hall–Kier alpha value is -3.20. The topological polar surface area (TPSA) is 17.8 Å². The summed E-state index contributed by atoms with van der Waals surface area (Å²) in [5, 5.41) is 1.80. The lowest BCUT2D eigenvalue weighted by molar-refractivity contribution is 0.629. The van der Waals surface area contributed by atoms with Crippen molar-refractivity contribution in [1.82, 2.24) is 9.55 Å². The van der Waals surface area contributed by atoms with Crippen LogP contribution < -0.4 is 0 Å². The monoisotopic (exact) mass is 314 g/mol. The number of benzene rings is 2. The highest BCUT2D eigenvalue weighted by molar-refractivity contribution is 6.13. The largest absolute Gasteiger partial charge is 0.294 e. The number of halogens is 1. The van der Waals surface area contributed by atoms with E-state index in [0.29, 0.717) is 0 Å². The molecule has 2 aromatic carbocycles. The molecule has 4 rings (SSSR count). The third kappa shape index (κ3) is 1.98. The molecule has 0 saturated carbocycles. The minimum Gasteiger partial charge on any atom is -0.294 e. The van der Waals surface area contributed by atoms with E-state index in [0.717, 1.165) is 38.8 Å². The van der Waals surface area contributed by atoms with E-state index in [2.05, 4.69) is 18.1 Å². The molecule has 0 bridgehead atoms. The average Bonchev–Trinajstić information content (AvgIpc) is 2.95. The number of pyridine rings is 1. The molecule has 0 aliphatic heterocycles. The fourth-order valence-corrected chi connectivity index (χ4v) is 3.26. The van der Waals surface area contributed by atoms with Crippen LogP contribution in [0.4, 0.5) is 4.39 Å². The number of hydrogen-bond donors (Lipinski definition) is 0. The average molecular weight is 314 g/mol. The van der Waals surface area contributed by atoms with Crippen LogP contribution in [0.2, 0.25) is 0 Å². The zero-order valence-corrected chi connectivity index (χ0v) is 13.0. The van der Waals surface area contributed by atoms with Crippen molar-refractivity contribution in [2.45, 2.75) is 0 Å². The molecule has 0 saturated heterocycles. The quantitative estimate of drug-likeness (QED) is 0.481. The Morgan fingerprint density at radius 2 is 1.79 bits per heavy atom. The minimum absolute atomic E-state index is 0.262. The van der Waals surface area contributed by atoms with Gasteiger partial charge in [-0.3, -0.25) is 4.57 Å². The predicted octanol–water partition coefficient (Wildman–Crippen LogP) is 5.60. The van der Waals surface area contributed by atoms with Crippen LogP contribution in [0, 0.1) is 5.82 Å². The van der Waals surface area contributed by atoms with Gasteiger partial charge in [0.25, 0.3) is 0 Å². The molecule has 0 radical (unpaired) electrons. The molecule has 3 heteroatoms. The Balaban J connectivity index is 2.27. The van der Waals surface area contributed by atoms with E-state index in [4.69, 9.17) is 0 Å². The first-order valence-electron chi connectivity index (χ1n) is 7.67. The van der Waals surface area contributed by atoms with Gasteiger partial charge in [-0.25, -0.2) is 9.37 Å². The van der Waals surface area contributed by atoms with Crippen molar-refractivity contribution in [2.75, 3.05) is 0 Å². The predicted molar refractivity (Wildman–Crippen MR) is 98.7 cm³/mol. The molecule has 116 valence electrons. The molecule has 0 unspecified atom stereocenters. The van der Waals surface area contributed by atoms with Crippen molar-refractivity contribution < 1.29 is 4.39 Å². The summed E-state index contributed by atoms with van der Waals surface area (Å²) in [7, 11) is 0. The van der Waals surface area contributed by atoms with Crippen molar-refractivity contribution in [3.05, 3.63) is 84.8 Å². The fraction of sp³-hybridized carbons (Fsp3) is 0. The van der Waals surface area contributed by atoms with Crippen LogP contribution in [0.25, 0.3) is 39.8 Å². The Kier molecular flexibility index (Phi) is 3.28. The fourth-order valence-electron chi connectivity index (χ4n) is 3.26. The van der Waals surface area contributed by atoms with Crippen LogP contribution in [0.5, 0.6) is 0 Å². The summed E-state index contributed by atoms with van der Waals surface area (Å²) in [5.74, 6) is 0.534. The van der Waals surface area contributed by atoms with Gasteiger partial charge in [0.15, 0.2) is 0 Å². The smallest absolute Gasteiger partial charge is 0.137 e. The molecule has 4 aromatic rings. The number of rotatable bonds is 3. The van der Waals surface area contributed by atoms with Gasteiger partial charge in [0.2, 0.25) is 0 Å². The van der Waals surface area contributed by atoms with Gasteiger partial charge in [0, 0.05) is 17.0 Å². The van der Waals surface area contributed by atoms with Gasteiger partial charge in [-0.15, -0.1) is 0 Å². The molecule has 2 heterocycles. The summed E-state index contributed by atoms with van der Waals surface area (Å²) in [6, 6.07) is 14.6. The van der Waals surface area contributed by atoms with Crippen molar-refractivity contribution in [2.24, 2.45) is 0 Å².